The molecule has 0 unspecified atom stereocenters. The molecule has 1 aromatic rings. The molecular weight excluding hydrogens is 326 g/mol. The van der Waals surface area contributed by atoms with Gasteiger partial charge in [-0.15, -0.1) is 0 Å². The Morgan fingerprint density at radius 1 is 1.12 bits per heavy atom. The lowest BCUT2D eigenvalue weighted by Gasteiger charge is -2.39. The van der Waals surface area contributed by atoms with Gasteiger partial charge in [-0.1, -0.05) is 0 Å². The predicted octanol–water partition coefficient (Wildman–Crippen LogP) is 3.05. The maximum atomic E-state index is 6.50. The first-order valence-electron chi connectivity index (χ1n) is 10.7. The molecule has 1 aromatic heterocycles. The molecule has 0 bridgehead atoms. The maximum absolute atomic E-state index is 6.50. The van der Waals surface area contributed by atoms with Crippen LogP contribution in [0.25, 0.3) is 0 Å². The summed E-state index contributed by atoms with van der Waals surface area (Å²) in [5.74, 6) is 3.58. The van der Waals surface area contributed by atoms with Crippen LogP contribution in [0.3, 0.4) is 0 Å². The summed E-state index contributed by atoms with van der Waals surface area (Å²) in [6.45, 7) is 7.53. The largest absolute Gasteiger partial charge is 0.381 e. The number of nitrogens with zero attached hydrogens (tertiary/aromatic N) is 3. The van der Waals surface area contributed by atoms with Crippen LogP contribution < -0.4 is 0 Å². The second kappa shape index (κ2) is 7.25. The van der Waals surface area contributed by atoms with Crippen molar-refractivity contribution >= 4 is 0 Å². The zero-order valence-electron chi connectivity index (χ0n) is 16.1. The molecule has 5 heteroatoms. The fourth-order valence-corrected chi connectivity index (χ4v) is 5.53. The first-order chi connectivity index (χ1) is 12.8. The highest BCUT2D eigenvalue weighted by molar-refractivity contribution is 5.02. The zero-order valence-corrected chi connectivity index (χ0v) is 16.1. The molecule has 144 valence electrons. The molecule has 26 heavy (non-hydrogen) atoms. The number of imidazole rings is 1. The predicted molar refractivity (Wildman–Crippen MR) is 100 cm³/mol. The van der Waals surface area contributed by atoms with Crippen molar-refractivity contribution in [2.24, 2.45) is 17.8 Å². The number of hydrogen-bond acceptors (Lipinski definition) is 4. The lowest BCUT2D eigenvalue weighted by Crippen LogP contribution is -2.38. The van der Waals surface area contributed by atoms with Crippen molar-refractivity contribution in [1.29, 1.82) is 0 Å². The highest BCUT2D eigenvalue weighted by atomic mass is 16.5. The van der Waals surface area contributed by atoms with Crippen LogP contribution in [0.1, 0.15) is 50.4 Å². The van der Waals surface area contributed by atoms with Crippen LogP contribution in [0.5, 0.6) is 0 Å². The first-order valence-corrected chi connectivity index (χ1v) is 10.7. The van der Waals surface area contributed by atoms with Crippen molar-refractivity contribution in [2.45, 2.75) is 63.6 Å². The lowest BCUT2D eigenvalue weighted by molar-refractivity contribution is -0.0344. The van der Waals surface area contributed by atoms with Gasteiger partial charge in [-0.25, -0.2) is 4.98 Å². The van der Waals surface area contributed by atoms with E-state index in [1.807, 2.05) is 6.20 Å². The third-order valence-electron chi connectivity index (χ3n) is 7.28. The van der Waals surface area contributed by atoms with E-state index >= 15 is 0 Å². The van der Waals surface area contributed by atoms with Gasteiger partial charge in [-0.3, -0.25) is 4.90 Å². The summed E-state index contributed by atoms with van der Waals surface area (Å²) in [7, 11) is 0. The highest BCUT2D eigenvalue weighted by Crippen LogP contribution is 2.44. The van der Waals surface area contributed by atoms with Crippen molar-refractivity contribution in [1.82, 2.24) is 14.5 Å². The lowest BCUT2D eigenvalue weighted by atomic mass is 9.77. The van der Waals surface area contributed by atoms with Crippen molar-refractivity contribution < 1.29 is 9.47 Å². The smallest absolute Gasteiger partial charge is 0.105 e. The topological polar surface area (TPSA) is 39.5 Å². The van der Waals surface area contributed by atoms with E-state index in [-0.39, 0.29) is 0 Å². The third kappa shape index (κ3) is 3.46. The van der Waals surface area contributed by atoms with E-state index in [9.17, 15) is 0 Å². The Bertz CT molecular complexity index is 608. The zero-order chi connectivity index (χ0) is 17.5. The minimum Gasteiger partial charge on any atom is -0.381 e. The summed E-state index contributed by atoms with van der Waals surface area (Å²) < 4.78 is 14.5. The molecule has 4 aliphatic rings. The molecule has 0 radical (unpaired) electrons. The molecule has 2 saturated heterocycles. The molecule has 2 aliphatic heterocycles. The Morgan fingerprint density at radius 3 is 2.58 bits per heavy atom. The van der Waals surface area contributed by atoms with Crippen LogP contribution in [-0.2, 0) is 9.47 Å². The molecule has 2 aliphatic carbocycles. The molecule has 5 nitrogen and oxygen atoms in total. The summed E-state index contributed by atoms with van der Waals surface area (Å²) in [6, 6.07) is 1.21. The minimum atomic E-state index is 0.361. The number of fused-ring (bicyclic) bond motifs is 1. The Balaban J connectivity index is 1.30. The van der Waals surface area contributed by atoms with E-state index in [1.54, 1.807) is 0 Å². The van der Waals surface area contributed by atoms with Crippen LogP contribution in [-0.4, -0.2) is 59.5 Å². The third-order valence-corrected chi connectivity index (χ3v) is 7.28. The van der Waals surface area contributed by atoms with E-state index in [0.29, 0.717) is 12.1 Å². The van der Waals surface area contributed by atoms with E-state index in [1.165, 1.54) is 51.6 Å². The van der Waals surface area contributed by atoms with Gasteiger partial charge in [-0.05, 0) is 63.2 Å². The van der Waals surface area contributed by atoms with Gasteiger partial charge in [0.1, 0.15) is 5.82 Å². The van der Waals surface area contributed by atoms with Crippen molar-refractivity contribution in [3.63, 3.8) is 0 Å². The van der Waals surface area contributed by atoms with Gasteiger partial charge in [0.05, 0.1) is 12.1 Å². The number of rotatable bonds is 5. The average molecular weight is 360 g/mol. The molecule has 0 spiro atoms. The molecule has 3 heterocycles. The van der Waals surface area contributed by atoms with E-state index in [2.05, 4.69) is 27.6 Å². The number of likely N-dealkylation sites (tertiary alicyclic amines) is 1. The van der Waals surface area contributed by atoms with Gasteiger partial charge in [0.25, 0.3) is 0 Å². The molecule has 0 aromatic carbocycles. The molecule has 5 rings (SSSR count). The van der Waals surface area contributed by atoms with Crippen LogP contribution in [0.4, 0.5) is 0 Å². The normalized spacial score (nSPS) is 36.3. The minimum absolute atomic E-state index is 0.361. The average Bonchev–Trinajstić information content (AvgIpc) is 3.25. The van der Waals surface area contributed by atoms with Gasteiger partial charge in [0.15, 0.2) is 0 Å². The SMILES string of the molecule is Cc1nccn1[C@H]1C[C@H]2CN(C3CCOCC3)C[C@H]2C[C@@H]1OCC1CC1. The van der Waals surface area contributed by atoms with E-state index in [4.69, 9.17) is 9.47 Å². The molecule has 0 N–H and O–H groups in total. The Hall–Kier alpha value is -0.910. The molecule has 4 fully saturated rings. The summed E-state index contributed by atoms with van der Waals surface area (Å²) in [6.07, 6.45) is 12.1. The first kappa shape index (κ1) is 17.2. The summed E-state index contributed by atoms with van der Waals surface area (Å²) in [5.41, 5.74) is 0. The highest BCUT2D eigenvalue weighted by Gasteiger charge is 2.45. The fraction of sp³-hybridized carbons (Fsp3) is 0.857. The van der Waals surface area contributed by atoms with Gasteiger partial charge in [-0.2, -0.15) is 0 Å². The number of hydrogen-bond donors (Lipinski definition) is 0. The summed E-state index contributed by atoms with van der Waals surface area (Å²) in [5, 5.41) is 0. The quantitative estimate of drug-likeness (QED) is 0.810. The molecule has 2 saturated carbocycles. The van der Waals surface area contributed by atoms with Gasteiger partial charge < -0.3 is 14.0 Å². The monoisotopic (exact) mass is 359 g/mol. The Labute approximate surface area is 157 Å². The van der Waals surface area contributed by atoms with Crippen LogP contribution in [0, 0.1) is 24.7 Å². The van der Waals surface area contributed by atoms with Gasteiger partial charge in [0, 0.05) is 51.3 Å². The van der Waals surface area contributed by atoms with Crippen LogP contribution in [0.2, 0.25) is 0 Å². The maximum Gasteiger partial charge on any atom is 0.105 e. The number of aromatic nitrogens is 2. The van der Waals surface area contributed by atoms with Crippen molar-refractivity contribution in [3.8, 4) is 0 Å². The fourth-order valence-electron chi connectivity index (χ4n) is 5.53. The standard InChI is InChI=1S/C21H33N3O2/c1-15-22-6-7-24(15)20-10-17-12-23(19-4-8-25-9-5-19)13-18(17)11-21(20)26-14-16-2-3-16/h6-7,16-21H,2-5,8-14H2,1H3/t17-,18+,20-,21-/m0/s1. The van der Waals surface area contributed by atoms with Crippen LogP contribution >= 0.6 is 0 Å². The van der Waals surface area contributed by atoms with Gasteiger partial charge in [0.2, 0.25) is 0 Å². The second-order valence-electron chi connectivity index (χ2n) is 9.05. The molecule has 4 atom stereocenters. The number of ether oxygens (including phenoxy) is 2. The summed E-state index contributed by atoms with van der Waals surface area (Å²) >= 11 is 0. The van der Waals surface area contributed by atoms with Crippen molar-refractivity contribution in [3.05, 3.63) is 18.2 Å². The van der Waals surface area contributed by atoms with Crippen LogP contribution in [0.15, 0.2) is 12.4 Å². The summed E-state index contributed by atoms with van der Waals surface area (Å²) in [4.78, 5) is 7.27. The second-order valence-corrected chi connectivity index (χ2v) is 9.05. The Morgan fingerprint density at radius 2 is 1.88 bits per heavy atom. The van der Waals surface area contributed by atoms with E-state index < -0.39 is 0 Å². The van der Waals surface area contributed by atoms with Crippen molar-refractivity contribution in [2.75, 3.05) is 32.9 Å². The number of aryl methyl sites for hydroxylation is 1. The molecular formula is C21H33N3O2. The van der Waals surface area contributed by atoms with Gasteiger partial charge >= 0.3 is 0 Å². The van der Waals surface area contributed by atoms with E-state index in [0.717, 1.165) is 49.4 Å². The molecule has 0 amide bonds. The Kier molecular flexibility index (Phi) is 4.80.